The van der Waals surface area contributed by atoms with E-state index in [1.54, 1.807) is 30.4 Å². The summed E-state index contributed by atoms with van der Waals surface area (Å²) < 4.78 is 10.5. The van der Waals surface area contributed by atoms with Crippen molar-refractivity contribution in [2.45, 2.75) is 0 Å². The summed E-state index contributed by atoms with van der Waals surface area (Å²) in [5.74, 6) is 0.364. The fraction of sp³-hybridized carbons (Fsp3) is 0.0417. The molecule has 0 fully saturated rings. The van der Waals surface area contributed by atoms with E-state index >= 15 is 0 Å². The molecule has 0 spiro atoms. The summed E-state index contributed by atoms with van der Waals surface area (Å²) in [5, 5.41) is 10.2. The molecule has 0 aromatic heterocycles. The van der Waals surface area contributed by atoms with Crippen LogP contribution in [0.5, 0.6) is 11.5 Å². The van der Waals surface area contributed by atoms with Gasteiger partial charge in [0.15, 0.2) is 11.5 Å². The molecule has 1 aliphatic heterocycles. The van der Waals surface area contributed by atoms with Gasteiger partial charge in [0.05, 0.1) is 12.7 Å². The molecule has 0 unspecified atom stereocenters. The molecule has 0 bridgehead atoms. The summed E-state index contributed by atoms with van der Waals surface area (Å²) in [4.78, 5) is 12.3. The zero-order valence-electron chi connectivity index (χ0n) is 15.3. The maximum absolute atomic E-state index is 12.3. The molecule has 1 aliphatic rings. The van der Waals surface area contributed by atoms with E-state index in [1.165, 1.54) is 7.11 Å². The fourth-order valence-corrected chi connectivity index (χ4v) is 3.08. The van der Waals surface area contributed by atoms with Crippen molar-refractivity contribution >= 4 is 17.8 Å². The Morgan fingerprint density at radius 1 is 0.857 bits per heavy atom. The normalized spacial score (nSPS) is 14.7. The number of rotatable bonds is 4. The highest BCUT2D eigenvalue weighted by molar-refractivity contribution is 6.05. The first-order valence-electron chi connectivity index (χ1n) is 8.83. The largest absolute Gasteiger partial charge is 0.504 e. The van der Waals surface area contributed by atoms with Crippen LogP contribution in [0.3, 0.4) is 0 Å². The van der Waals surface area contributed by atoms with E-state index in [0.29, 0.717) is 22.6 Å². The van der Waals surface area contributed by atoms with Gasteiger partial charge in [0.1, 0.15) is 5.76 Å². The van der Waals surface area contributed by atoms with Crippen LogP contribution in [0.15, 0.2) is 84.4 Å². The van der Waals surface area contributed by atoms with Crippen molar-refractivity contribution in [3.8, 4) is 22.6 Å². The van der Waals surface area contributed by atoms with Crippen LogP contribution in [0.25, 0.3) is 23.0 Å². The molecule has 28 heavy (non-hydrogen) atoms. The van der Waals surface area contributed by atoms with Crippen LogP contribution >= 0.6 is 0 Å². The van der Waals surface area contributed by atoms with Gasteiger partial charge in [-0.3, -0.25) is 0 Å². The van der Waals surface area contributed by atoms with Gasteiger partial charge in [-0.1, -0.05) is 66.7 Å². The number of para-hydroxylation sites is 1. The van der Waals surface area contributed by atoms with Crippen LogP contribution < -0.4 is 4.74 Å². The number of methoxy groups -OCH3 is 1. The number of phenols is 1. The number of aromatic hydroxyl groups is 1. The number of hydrogen-bond donors (Lipinski definition) is 1. The highest BCUT2D eigenvalue weighted by Gasteiger charge is 2.22. The molecule has 1 heterocycles. The Labute approximate surface area is 163 Å². The van der Waals surface area contributed by atoms with E-state index in [0.717, 1.165) is 16.7 Å². The minimum Gasteiger partial charge on any atom is -0.504 e. The zero-order chi connectivity index (χ0) is 19.5. The number of esters is 1. The van der Waals surface area contributed by atoms with Crippen LogP contribution in [0.4, 0.5) is 0 Å². The summed E-state index contributed by atoms with van der Waals surface area (Å²) in [5.41, 5.74) is 3.88. The van der Waals surface area contributed by atoms with Gasteiger partial charge < -0.3 is 14.6 Å². The lowest BCUT2D eigenvalue weighted by Crippen LogP contribution is -1.97. The van der Waals surface area contributed by atoms with Gasteiger partial charge in [-0.15, -0.1) is 0 Å². The Hall–Kier alpha value is -3.79. The topological polar surface area (TPSA) is 55.8 Å². The summed E-state index contributed by atoms with van der Waals surface area (Å²) in [6.45, 7) is 0. The average Bonchev–Trinajstić information content (AvgIpc) is 3.11. The third kappa shape index (κ3) is 3.40. The van der Waals surface area contributed by atoms with Crippen LogP contribution in [-0.2, 0) is 9.53 Å². The molecule has 138 valence electrons. The number of cyclic esters (lactones) is 1. The number of carbonyl (C=O) groups excluding carboxylic acids is 1. The summed E-state index contributed by atoms with van der Waals surface area (Å²) in [7, 11) is 1.48. The third-order valence-corrected chi connectivity index (χ3v) is 4.56. The second-order valence-corrected chi connectivity index (χ2v) is 6.34. The van der Waals surface area contributed by atoms with Crippen LogP contribution in [0, 0.1) is 0 Å². The summed E-state index contributed by atoms with van der Waals surface area (Å²) in [6, 6.07) is 23.0. The molecular weight excluding hydrogens is 352 g/mol. The number of benzene rings is 3. The summed E-state index contributed by atoms with van der Waals surface area (Å²) in [6.07, 6.45) is 3.27. The van der Waals surface area contributed by atoms with Gasteiger partial charge in [0.25, 0.3) is 0 Å². The molecule has 3 aromatic carbocycles. The Bertz CT molecular complexity index is 1080. The van der Waals surface area contributed by atoms with E-state index in [-0.39, 0.29) is 5.75 Å². The molecular formula is C24H18O4. The molecule has 0 radical (unpaired) electrons. The molecule has 4 nitrogen and oxygen atoms in total. The Kier molecular flexibility index (Phi) is 4.68. The van der Waals surface area contributed by atoms with E-state index in [1.807, 2.05) is 54.6 Å². The lowest BCUT2D eigenvalue weighted by Gasteiger charge is -2.05. The standard InChI is InChI=1S/C24H18O4/c1-27-21-9-5-8-19(23(21)25)14-20-15-22(28-24(20)26)18-12-10-17(11-13-18)16-6-3-2-4-7-16/h2-15,25H,1H3/b20-14+. The highest BCUT2D eigenvalue weighted by atomic mass is 16.5. The molecule has 1 N–H and O–H groups in total. The van der Waals surface area contributed by atoms with Gasteiger partial charge in [-0.2, -0.15) is 0 Å². The van der Waals surface area contributed by atoms with Gasteiger partial charge >= 0.3 is 5.97 Å². The highest BCUT2D eigenvalue weighted by Crippen LogP contribution is 2.34. The van der Waals surface area contributed by atoms with Crippen molar-refractivity contribution in [1.29, 1.82) is 0 Å². The molecule has 0 atom stereocenters. The Morgan fingerprint density at radius 2 is 1.54 bits per heavy atom. The van der Waals surface area contributed by atoms with Crippen LogP contribution in [0.2, 0.25) is 0 Å². The SMILES string of the molecule is COc1cccc(/C=C2\C=C(c3ccc(-c4ccccc4)cc3)OC2=O)c1O. The number of carbonyl (C=O) groups is 1. The minimum atomic E-state index is -0.454. The lowest BCUT2D eigenvalue weighted by atomic mass is 10.0. The monoisotopic (exact) mass is 370 g/mol. The molecule has 0 saturated heterocycles. The smallest absolute Gasteiger partial charge is 0.343 e. The van der Waals surface area contributed by atoms with Gasteiger partial charge in [0, 0.05) is 11.1 Å². The van der Waals surface area contributed by atoms with Gasteiger partial charge in [-0.25, -0.2) is 4.79 Å². The molecule has 0 amide bonds. The maximum atomic E-state index is 12.3. The van der Waals surface area contributed by atoms with Crippen molar-refractivity contribution in [2.75, 3.05) is 7.11 Å². The molecule has 4 rings (SSSR count). The average molecular weight is 370 g/mol. The van der Waals surface area contributed by atoms with Gasteiger partial charge in [0.2, 0.25) is 0 Å². The molecule has 0 aliphatic carbocycles. The molecule has 4 heteroatoms. The van der Waals surface area contributed by atoms with Crippen molar-refractivity contribution in [2.24, 2.45) is 0 Å². The predicted molar refractivity (Wildman–Crippen MR) is 109 cm³/mol. The zero-order valence-corrected chi connectivity index (χ0v) is 15.3. The maximum Gasteiger partial charge on any atom is 0.343 e. The Morgan fingerprint density at radius 3 is 2.25 bits per heavy atom. The number of ether oxygens (including phenoxy) is 2. The fourth-order valence-electron chi connectivity index (χ4n) is 3.08. The van der Waals surface area contributed by atoms with Crippen molar-refractivity contribution in [1.82, 2.24) is 0 Å². The molecule has 0 saturated carbocycles. The molecule has 3 aromatic rings. The first-order valence-corrected chi connectivity index (χ1v) is 8.83. The van der Waals surface area contributed by atoms with Crippen molar-refractivity contribution in [3.63, 3.8) is 0 Å². The first kappa shape index (κ1) is 17.6. The van der Waals surface area contributed by atoms with Crippen LogP contribution in [-0.4, -0.2) is 18.2 Å². The van der Waals surface area contributed by atoms with E-state index in [2.05, 4.69) is 0 Å². The van der Waals surface area contributed by atoms with Crippen molar-refractivity contribution in [3.05, 3.63) is 95.6 Å². The Balaban J connectivity index is 1.63. The minimum absolute atomic E-state index is 0.0145. The van der Waals surface area contributed by atoms with E-state index < -0.39 is 5.97 Å². The van der Waals surface area contributed by atoms with Crippen molar-refractivity contribution < 1.29 is 19.4 Å². The first-order chi connectivity index (χ1) is 13.7. The number of phenolic OH excluding ortho intramolecular Hbond substituents is 1. The number of hydrogen-bond acceptors (Lipinski definition) is 4. The van der Waals surface area contributed by atoms with Crippen LogP contribution in [0.1, 0.15) is 11.1 Å². The quantitative estimate of drug-likeness (QED) is 0.516. The lowest BCUT2D eigenvalue weighted by molar-refractivity contribution is -0.130. The van der Waals surface area contributed by atoms with E-state index in [9.17, 15) is 9.90 Å². The second-order valence-electron chi connectivity index (χ2n) is 6.34. The second kappa shape index (κ2) is 7.45. The summed E-state index contributed by atoms with van der Waals surface area (Å²) >= 11 is 0. The van der Waals surface area contributed by atoms with E-state index in [4.69, 9.17) is 9.47 Å². The predicted octanol–water partition coefficient (Wildman–Crippen LogP) is 5.05. The van der Waals surface area contributed by atoms with Gasteiger partial charge in [-0.05, 0) is 29.3 Å². The third-order valence-electron chi connectivity index (χ3n) is 4.56.